The number of fused-ring (bicyclic) bond motifs is 1. The first-order chi connectivity index (χ1) is 18.5. The largest absolute Gasteiger partial charge is 0.505 e. The van der Waals surface area contributed by atoms with E-state index in [1.807, 2.05) is 0 Å². The fourth-order valence-electron chi connectivity index (χ4n) is 3.95. The average molecular weight is 588 g/mol. The molecular formula is C27H23Cl2N3O6S. The van der Waals surface area contributed by atoms with E-state index in [1.165, 1.54) is 18.2 Å². The third-order valence-corrected chi connectivity index (χ3v) is 7.49. The quantitative estimate of drug-likeness (QED) is 0.142. The van der Waals surface area contributed by atoms with Crippen LogP contribution in [-0.4, -0.2) is 30.6 Å². The monoisotopic (exact) mass is 587 g/mol. The molecular weight excluding hydrogens is 565 g/mol. The molecule has 0 saturated carbocycles. The van der Waals surface area contributed by atoms with Crippen molar-refractivity contribution in [2.45, 2.75) is 25.2 Å². The zero-order chi connectivity index (χ0) is 28.3. The topological polar surface area (TPSA) is 138 Å². The summed E-state index contributed by atoms with van der Waals surface area (Å²) < 4.78 is 39.5. The molecule has 0 aliphatic heterocycles. The Morgan fingerprint density at radius 3 is 2.46 bits per heavy atom. The van der Waals surface area contributed by atoms with Gasteiger partial charge in [-0.3, -0.25) is 9.35 Å². The van der Waals surface area contributed by atoms with Crippen LogP contribution in [0.15, 0.2) is 75.8 Å². The van der Waals surface area contributed by atoms with Crippen LogP contribution in [0.5, 0.6) is 11.5 Å². The average Bonchev–Trinajstić information content (AvgIpc) is 2.88. The van der Waals surface area contributed by atoms with E-state index in [0.717, 1.165) is 0 Å². The molecule has 4 aromatic rings. The van der Waals surface area contributed by atoms with Gasteiger partial charge in [-0.15, -0.1) is 10.2 Å². The first-order valence-electron chi connectivity index (χ1n) is 11.7. The molecule has 0 heterocycles. The molecule has 4 rings (SSSR count). The summed E-state index contributed by atoms with van der Waals surface area (Å²) in [7, 11) is -4.76. The Kier molecular flexibility index (Phi) is 8.41. The highest BCUT2D eigenvalue weighted by Gasteiger charge is 2.23. The van der Waals surface area contributed by atoms with Gasteiger partial charge in [0.1, 0.15) is 22.0 Å². The summed E-state index contributed by atoms with van der Waals surface area (Å²) >= 11 is 12.3. The lowest BCUT2D eigenvalue weighted by molar-refractivity contribution is 0.102. The van der Waals surface area contributed by atoms with E-state index in [2.05, 4.69) is 15.5 Å². The molecule has 12 heteroatoms. The van der Waals surface area contributed by atoms with Gasteiger partial charge in [-0.2, -0.15) is 8.42 Å². The van der Waals surface area contributed by atoms with E-state index in [0.29, 0.717) is 45.8 Å². The summed E-state index contributed by atoms with van der Waals surface area (Å²) in [5, 5.41) is 23.1. The van der Waals surface area contributed by atoms with Crippen LogP contribution in [0.1, 0.15) is 29.8 Å². The number of halogens is 2. The van der Waals surface area contributed by atoms with Crippen molar-refractivity contribution < 1.29 is 27.6 Å². The van der Waals surface area contributed by atoms with E-state index in [4.69, 9.17) is 27.9 Å². The van der Waals surface area contributed by atoms with Gasteiger partial charge in [-0.1, -0.05) is 60.5 Å². The van der Waals surface area contributed by atoms with Crippen molar-refractivity contribution >= 4 is 67.1 Å². The summed E-state index contributed by atoms with van der Waals surface area (Å²) in [6.07, 6.45) is 0.416. The number of phenols is 1. The second-order valence-electron chi connectivity index (χ2n) is 8.29. The molecule has 0 atom stereocenters. The molecule has 0 aliphatic rings. The molecule has 9 nitrogen and oxygen atoms in total. The van der Waals surface area contributed by atoms with E-state index in [1.54, 1.807) is 56.3 Å². The molecule has 0 spiro atoms. The molecule has 3 N–H and O–H groups in total. The fraction of sp³-hybridized carbons (Fsp3) is 0.148. The maximum absolute atomic E-state index is 13.3. The van der Waals surface area contributed by atoms with E-state index >= 15 is 0 Å². The molecule has 1 amide bonds. The van der Waals surface area contributed by atoms with Gasteiger partial charge in [-0.05, 0) is 54.6 Å². The van der Waals surface area contributed by atoms with Gasteiger partial charge < -0.3 is 15.2 Å². The minimum atomic E-state index is -4.76. The molecule has 0 aromatic heterocycles. The van der Waals surface area contributed by atoms with Crippen LogP contribution in [0.2, 0.25) is 10.0 Å². The second kappa shape index (κ2) is 11.6. The molecule has 0 saturated heterocycles. The lowest BCUT2D eigenvalue weighted by atomic mass is 10.0. The third kappa shape index (κ3) is 5.99. The van der Waals surface area contributed by atoms with Crippen LogP contribution in [0, 0.1) is 0 Å². The minimum absolute atomic E-state index is 0.0913. The van der Waals surface area contributed by atoms with Crippen LogP contribution >= 0.6 is 23.2 Å². The molecule has 0 radical (unpaired) electrons. The number of ether oxygens (including phenoxy) is 1. The van der Waals surface area contributed by atoms with Gasteiger partial charge in [-0.25, -0.2) is 0 Å². The van der Waals surface area contributed by atoms with E-state index < -0.39 is 26.7 Å². The SMILES string of the molecule is CCOc1ccc(Cl)cc1NC(=O)c1cc2ccccc2c(N=Nc2ccc(CC)c(Cl)c2S(=O)(=O)O)c1O. The van der Waals surface area contributed by atoms with Gasteiger partial charge in [0.2, 0.25) is 0 Å². The van der Waals surface area contributed by atoms with Crippen molar-refractivity contribution in [3.05, 3.63) is 81.8 Å². The summed E-state index contributed by atoms with van der Waals surface area (Å²) in [5.41, 5.74) is 0.334. The van der Waals surface area contributed by atoms with Crippen molar-refractivity contribution in [2.75, 3.05) is 11.9 Å². The number of nitrogens with one attached hydrogen (secondary N) is 1. The summed E-state index contributed by atoms with van der Waals surface area (Å²) in [5.74, 6) is -0.785. The van der Waals surface area contributed by atoms with Crippen LogP contribution < -0.4 is 10.1 Å². The van der Waals surface area contributed by atoms with Crippen molar-refractivity contribution in [2.24, 2.45) is 10.2 Å². The van der Waals surface area contributed by atoms with Crippen LogP contribution in [0.4, 0.5) is 17.1 Å². The summed E-state index contributed by atoms with van der Waals surface area (Å²) in [6, 6.07) is 16.0. The number of phenolic OH excluding ortho intramolecular Hbond substituents is 1. The Hall–Kier alpha value is -3.70. The fourth-order valence-corrected chi connectivity index (χ4v) is 5.44. The normalized spacial score (nSPS) is 11.7. The number of benzene rings is 4. The number of carbonyl (C=O) groups excluding carboxylic acids is 1. The number of anilines is 1. The lowest BCUT2D eigenvalue weighted by Crippen LogP contribution is -2.13. The Bertz CT molecular complexity index is 1720. The summed E-state index contributed by atoms with van der Waals surface area (Å²) in [6.45, 7) is 3.92. The van der Waals surface area contributed by atoms with Crippen molar-refractivity contribution in [3.63, 3.8) is 0 Å². The number of carbonyl (C=O) groups is 1. The highest BCUT2D eigenvalue weighted by molar-refractivity contribution is 7.86. The molecule has 4 aromatic carbocycles. The van der Waals surface area contributed by atoms with Crippen molar-refractivity contribution in [1.29, 1.82) is 0 Å². The van der Waals surface area contributed by atoms with E-state index in [-0.39, 0.29) is 22.0 Å². The maximum Gasteiger partial charge on any atom is 0.298 e. The number of nitrogens with zero attached hydrogens (tertiary/aromatic N) is 2. The minimum Gasteiger partial charge on any atom is -0.505 e. The number of hydrogen-bond donors (Lipinski definition) is 3. The smallest absolute Gasteiger partial charge is 0.298 e. The Morgan fingerprint density at radius 1 is 1.03 bits per heavy atom. The molecule has 0 bridgehead atoms. The van der Waals surface area contributed by atoms with Gasteiger partial charge in [0.05, 0.1) is 22.9 Å². The Labute approximate surface area is 234 Å². The third-order valence-electron chi connectivity index (χ3n) is 5.78. The van der Waals surface area contributed by atoms with Crippen molar-refractivity contribution in [1.82, 2.24) is 0 Å². The van der Waals surface area contributed by atoms with Crippen molar-refractivity contribution in [3.8, 4) is 11.5 Å². The zero-order valence-electron chi connectivity index (χ0n) is 20.8. The number of rotatable bonds is 8. The highest BCUT2D eigenvalue weighted by atomic mass is 35.5. The molecule has 202 valence electrons. The first-order valence-corrected chi connectivity index (χ1v) is 13.9. The predicted octanol–water partition coefficient (Wildman–Crippen LogP) is 7.73. The van der Waals surface area contributed by atoms with Crippen LogP contribution in [-0.2, 0) is 16.5 Å². The second-order valence-corrected chi connectivity index (χ2v) is 10.5. The van der Waals surface area contributed by atoms with Gasteiger partial charge in [0, 0.05) is 10.4 Å². The molecule has 0 fully saturated rings. The highest BCUT2D eigenvalue weighted by Crippen LogP contribution is 2.41. The number of azo groups is 1. The van der Waals surface area contributed by atoms with E-state index in [9.17, 15) is 22.9 Å². The van der Waals surface area contributed by atoms with Gasteiger partial charge in [0.15, 0.2) is 5.75 Å². The number of hydrogen-bond acceptors (Lipinski definition) is 7. The number of aryl methyl sites for hydroxylation is 1. The maximum atomic E-state index is 13.3. The predicted molar refractivity (Wildman–Crippen MR) is 151 cm³/mol. The van der Waals surface area contributed by atoms with Gasteiger partial charge >= 0.3 is 0 Å². The molecule has 0 unspecified atom stereocenters. The molecule has 0 aliphatic carbocycles. The lowest BCUT2D eigenvalue weighted by Gasteiger charge is -2.14. The Balaban J connectivity index is 1.84. The van der Waals surface area contributed by atoms with Gasteiger partial charge in [0.25, 0.3) is 16.0 Å². The standard InChI is InChI=1S/C27H23Cl2N3O6S/c1-3-15-9-11-20(26(23(15)29)39(35,36)37)31-32-24-18-8-6-5-7-16(18)13-19(25(24)33)27(34)30-21-14-17(28)10-12-22(21)38-4-2/h5-14,33H,3-4H2,1-2H3,(H,30,34)(H,35,36,37). The molecule has 39 heavy (non-hydrogen) atoms. The summed E-state index contributed by atoms with van der Waals surface area (Å²) in [4.78, 5) is 12.7. The number of aromatic hydroxyl groups is 1. The van der Waals surface area contributed by atoms with Crippen LogP contribution in [0.3, 0.4) is 0 Å². The van der Waals surface area contributed by atoms with Crippen LogP contribution in [0.25, 0.3) is 10.8 Å². The number of amides is 1. The first kappa shape index (κ1) is 28.3. The Morgan fingerprint density at radius 2 is 1.77 bits per heavy atom. The zero-order valence-corrected chi connectivity index (χ0v) is 23.1.